The van der Waals surface area contributed by atoms with Gasteiger partial charge in [0, 0.05) is 38.7 Å². The molecule has 0 bridgehead atoms. The summed E-state index contributed by atoms with van der Waals surface area (Å²) in [6.07, 6.45) is -0.462. The van der Waals surface area contributed by atoms with Crippen LogP contribution in [0.15, 0.2) is 84.9 Å². The van der Waals surface area contributed by atoms with Crippen LogP contribution >= 0.6 is 23.2 Å². The van der Waals surface area contributed by atoms with Gasteiger partial charge in [0.05, 0.1) is 28.1 Å². The third-order valence-electron chi connectivity index (χ3n) is 8.49. The van der Waals surface area contributed by atoms with E-state index in [9.17, 15) is 24.5 Å². The minimum Gasteiger partial charge on any atom is -0.333 e. The predicted molar refractivity (Wildman–Crippen MR) is 174 cm³/mol. The normalized spacial score (nSPS) is 18.2. The summed E-state index contributed by atoms with van der Waals surface area (Å²) in [6.45, 7) is 0.559. The number of nitro benzene ring substituents is 1. The molecule has 0 saturated carbocycles. The fraction of sp³-hybridized carbons (Fsp3) is 0.242. The zero-order chi connectivity index (χ0) is 32.5. The molecule has 2 aliphatic heterocycles. The molecule has 2 atom stereocenters. The first-order valence-electron chi connectivity index (χ1n) is 14.6. The number of rotatable bonds is 8. The van der Waals surface area contributed by atoms with Crippen LogP contribution in [0.25, 0.3) is 10.8 Å². The minimum atomic E-state index is -0.875. The van der Waals surface area contributed by atoms with Crippen molar-refractivity contribution >= 4 is 57.5 Å². The summed E-state index contributed by atoms with van der Waals surface area (Å²) < 4.78 is 0. The number of urea groups is 1. The first-order chi connectivity index (χ1) is 22.1. The molecular weight excluding hydrogens is 631 g/mol. The van der Waals surface area contributed by atoms with Crippen LogP contribution in [0.2, 0.25) is 10.0 Å². The lowest BCUT2D eigenvalue weighted by Gasteiger charge is -2.46. The Labute approximate surface area is 275 Å². The van der Waals surface area contributed by atoms with E-state index in [2.05, 4.69) is 5.32 Å². The molecule has 1 N–H and O–H groups in total. The zero-order valence-electron chi connectivity index (χ0n) is 24.8. The van der Waals surface area contributed by atoms with Crippen molar-refractivity contribution in [2.45, 2.75) is 31.7 Å². The van der Waals surface area contributed by atoms with Gasteiger partial charge < -0.3 is 15.1 Å². The van der Waals surface area contributed by atoms with Gasteiger partial charge in [0.1, 0.15) is 12.2 Å². The van der Waals surface area contributed by atoms with E-state index in [4.69, 9.17) is 23.2 Å². The highest BCUT2D eigenvalue weighted by Crippen LogP contribution is 2.31. The number of benzene rings is 4. The molecule has 2 saturated heterocycles. The Morgan fingerprint density at radius 2 is 1.70 bits per heavy atom. The molecule has 4 aromatic carbocycles. The number of carbonyl (C=O) groups excluding carboxylic acids is 3. The summed E-state index contributed by atoms with van der Waals surface area (Å²) in [6, 6.07) is 23.6. The topological polar surface area (TPSA) is 119 Å². The second kappa shape index (κ2) is 13.0. The van der Waals surface area contributed by atoms with Gasteiger partial charge >= 0.3 is 6.03 Å². The number of hydrogen-bond acceptors (Lipinski definition) is 6. The van der Waals surface area contributed by atoms with Gasteiger partial charge in [0.15, 0.2) is 0 Å². The minimum absolute atomic E-state index is 0.0638. The summed E-state index contributed by atoms with van der Waals surface area (Å²) in [4.78, 5) is 55.0. The Morgan fingerprint density at radius 1 is 0.978 bits per heavy atom. The van der Waals surface area contributed by atoms with Crippen LogP contribution in [0, 0.1) is 10.1 Å². The maximum atomic E-state index is 14.1. The molecule has 13 heteroatoms. The monoisotopic (exact) mass is 660 g/mol. The molecule has 2 aliphatic rings. The standard InChI is InChI=1S/C33H30Cl2N6O5/c1-37(33(44)36-17-22-11-14-27(34)28(35)15-22)39-20-31(42)40-29(16-21-9-12-25(13-10-21)41(45)46)32(43)38(19-30(39)40)18-24-7-4-6-23-5-2-3-8-26(23)24/h2-15,29-30H,16-20H2,1H3,(H,36,44)/t29-,30+/m0/s1. The maximum Gasteiger partial charge on any atom is 0.332 e. The first kappa shape index (κ1) is 31.3. The molecule has 0 spiro atoms. The lowest BCUT2D eigenvalue weighted by atomic mass is 9.99. The van der Waals surface area contributed by atoms with Crippen LogP contribution in [0.5, 0.6) is 0 Å². The van der Waals surface area contributed by atoms with Gasteiger partial charge in [-0.2, -0.15) is 5.01 Å². The largest absolute Gasteiger partial charge is 0.333 e. The average Bonchev–Trinajstić information content (AvgIpc) is 3.38. The van der Waals surface area contributed by atoms with Crippen molar-refractivity contribution in [2.75, 3.05) is 20.1 Å². The van der Waals surface area contributed by atoms with Crippen LogP contribution in [-0.2, 0) is 29.1 Å². The summed E-state index contributed by atoms with van der Waals surface area (Å²) >= 11 is 12.1. The van der Waals surface area contributed by atoms with E-state index in [0.717, 1.165) is 21.9 Å². The summed E-state index contributed by atoms with van der Waals surface area (Å²) in [5.74, 6) is -0.524. The average molecular weight is 662 g/mol. The number of hydrogen-bond donors (Lipinski definition) is 1. The number of fused-ring (bicyclic) bond motifs is 2. The smallest absolute Gasteiger partial charge is 0.332 e. The molecule has 2 fully saturated rings. The van der Waals surface area contributed by atoms with Gasteiger partial charge in [-0.05, 0) is 39.6 Å². The van der Waals surface area contributed by atoms with Gasteiger partial charge in [-0.1, -0.05) is 83.9 Å². The fourth-order valence-electron chi connectivity index (χ4n) is 6.12. The van der Waals surface area contributed by atoms with E-state index in [-0.39, 0.29) is 43.6 Å². The summed E-state index contributed by atoms with van der Waals surface area (Å²) in [5.41, 5.74) is 2.32. The van der Waals surface area contributed by atoms with Crippen LogP contribution in [0.1, 0.15) is 16.7 Å². The van der Waals surface area contributed by atoms with Crippen molar-refractivity contribution < 1.29 is 19.3 Å². The highest BCUT2D eigenvalue weighted by molar-refractivity contribution is 6.42. The molecule has 0 aliphatic carbocycles. The van der Waals surface area contributed by atoms with Crippen LogP contribution in [0.4, 0.5) is 10.5 Å². The molecule has 0 radical (unpaired) electrons. The lowest BCUT2D eigenvalue weighted by molar-refractivity contribution is -0.384. The zero-order valence-corrected chi connectivity index (χ0v) is 26.3. The van der Waals surface area contributed by atoms with Crippen LogP contribution in [-0.4, -0.2) is 74.9 Å². The predicted octanol–water partition coefficient (Wildman–Crippen LogP) is 5.24. The van der Waals surface area contributed by atoms with E-state index >= 15 is 0 Å². The number of nitrogens with one attached hydrogen (secondary N) is 1. The summed E-state index contributed by atoms with van der Waals surface area (Å²) in [5, 5.41) is 19.9. The Hall–Kier alpha value is -4.71. The molecule has 46 heavy (non-hydrogen) atoms. The summed E-state index contributed by atoms with van der Waals surface area (Å²) in [7, 11) is 1.58. The van der Waals surface area contributed by atoms with Crippen molar-refractivity contribution in [3.63, 3.8) is 0 Å². The number of amides is 4. The number of halogens is 2. The number of piperazine rings is 1. The Bertz CT molecular complexity index is 1830. The quantitative estimate of drug-likeness (QED) is 0.204. The number of nitro groups is 1. The second-order valence-corrected chi connectivity index (χ2v) is 12.1. The van der Waals surface area contributed by atoms with Gasteiger partial charge in [-0.15, -0.1) is 0 Å². The first-order valence-corrected chi connectivity index (χ1v) is 15.4. The molecule has 11 nitrogen and oxygen atoms in total. The molecule has 0 unspecified atom stereocenters. The third kappa shape index (κ3) is 6.21. The number of non-ortho nitro benzene ring substituents is 1. The van der Waals surface area contributed by atoms with Crippen molar-refractivity contribution in [1.82, 2.24) is 25.1 Å². The molecule has 236 valence electrons. The highest BCUT2D eigenvalue weighted by Gasteiger charge is 2.51. The molecule has 2 heterocycles. The van der Waals surface area contributed by atoms with Crippen molar-refractivity contribution in [2.24, 2.45) is 0 Å². The molecule has 4 amide bonds. The van der Waals surface area contributed by atoms with Crippen LogP contribution < -0.4 is 5.32 Å². The van der Waals surface area contributed by atoms with E-state index in [1.54, 1.807) is 52.2 Å². The Kier molecular flexibility index (Phi) is 8.81. The number of nitrogens with zero attached hydrogens (tertiary/aromatic N) is 5. The maximum absolute atomic E-state index is 14.1. The lowest BCUT2D eigenvalue weighted by Crippen LogP contribution is -2.65. The number of carbonyl (C=O) groups is 3. The van der Waals surface area contributed by atoms with Gasteiger partial charge in [-0.3, -0.25) is 24.7 Å². The molecule has 6 rings (SSSR count). The van der Waals surface area contributed by atoms with E-state index in [0.29, 0.717) is 22.2 Å². The van der Waals surface area contributed by atoms with Crippen molar-refractivity contribution in [3.05, 3.63) is 122 Å². The third-order valence-corrected chi connectivity index (χ3v) is 9.23. The Balaban J connectivity index is 1.28. The highest BCUT2D eigenvalue weighted by atomic mass is 35.5. The van der Waals surface area contributed by atoms with Crippen molar-refractivity contribution in [3.8, 4) is 0 Å². The van der Waals surface area contributed by atoms with Gasteiger partial charge in [-0.25, -0.2) is 4.79 Å². The SMILES string of the molecule is CN(C(=O)NCc1ccc(Cl)c(Cl)c1)N1CC(=O)N2[C@@H](Cc3ccc([N+](=O)[O-])cc3)C(=O)N(Cc3cccc4ccccc34)C[C@@H]21. The molecular formula is C33H30Cl2N6O5. The molecule has 0 aromatic heterocycles. The van der Waals surface area contributed by atoms with Gasteiger partial charge in [0.2, 0.25) is 11.8 Å². The van der Waals surface area contributed by atoms with Crippen molar-refractivity contribution in [1.29, 1.82) is 0 Å². The fourth-order valence-corrected chi connectivity index (χ4v) is 6.44. The van der Waals surface area contributed by atoms with E-state index in [1.807, 2.05) is 42.5 Å². The van der Waals surface area contributed by atoms with Crippen LogP contribution in [0.3, 0.4) is 0 Å². The van der Waals surface area contributed by atoms with Gasteiger partial charge in [0.25, 0.3) is 5.69 Å². The number of hydrazine groups is 1. The van der Waals surface area contributed by atoms with E-state index < -0.39 is 23.2 Å². The molecule has 4 aromatic rings. The Morgan fingerprint density at radius 3 is 2.43 bits per heavy atom. The second-order valence-electron chi connectivity index (χ2n) is 11.3. The van der Waals surface area contributed by atoms with E-state index in [1.165, 1.54) is 17.1 Å².